The summed E-state index contributed by atoms with van der Waals surface area (Å²) in [4.78, 5) is 20.7. The molecule has 5 nitrogen and oxygen atoms in total. The van der Waals surface area contributed by atoms with Gasteiger partial charge in [0.25, 0.3) is 5.91 Å². The molecule has 2 aromatic rings. The van der Waals surface area contributed by atoms with E-state index in [4.69, 9.17) is 0 Å². The number of aromatic nitrogens is 1. The molecule has 0 saturated heterocycles. The number of rotatable bonds is 4. The molecule has 1 N–H and O–H groups in total. The molecule has 1 aromatic carbocycles. The lowest BCUT2D eigenvalue weighted by atomic mass is 10.0. The zero-order chi connectivity index (χ0) is 21.3. The van der Waals surface area contributed by atoms with Crippen molar-refractivity contribution in [2.75, 3.05) is 19.4 Å². The van der Waals surface area contributed by atoms with Gasteiger partial charge in [0.05, 0.1) is 23.0 Å². The number of hydrogen-bond donors (Lipinski definition) is 1. The number of amides is 1. The van der Waals surface area contributed by atoms with Crippen molar-refractivity contribution in [3.63, 3.8) is 0 Å². The molecule has 1 amide bonds. The van der Waals surface area contributed by atoms with Gasteiger partial charge < -0.3 is 10.2 Å². The largest absolute Gasteiger partial charge is 0.418 e. The Bertz CT molecular complexity index is 905. The van der Waals surface area contributed by atoms with Crippen molar-refractivity contribution in [2.24, 2.45) is 4.99 Å². The SMILES string of the molecule is CC(Nc1ccnc2c(C(F)(F)F)cc(C(F)(F)F)cc12)C(=O)N=CN(C)C. The van der Waals surface area contributed by atoms with Crippen LogP contribution in [0.4, 0.5) is 32.0 Å². The number of fused-ring (bicyclic) bond motifs is 1. The number of nitrogens with one attached hydrogen (secondary N) is 1. The monoisotopic (exact) mass is 406 g/mol. The van der Waals surface area contributed by atoms with E-state index >= 15 is 0 Å². The van der Waals surface area contributed by atoms with Crippen molar-refractivity contribution in [1.82, 2.24) is 9.88 Å². The van der Waals surface area contributed by atoms with E-state index in [1.54, 1.807) is 14.1 Å². The maximum absolute atomic E-state index is 13.3. The van der Waals surface area contributed by atoms with Crippen LogP contribution in [0.1, 0.15) is 18.1 Å². The van der Waals surface area contributed by atoms with E-state index in [1.807, 2.05) is 0 Å². The molecule has 0 aliphatic heterocycles. The molecule has 0 bridgehead atoms. The van der Waals surface area contributed by atoms with Crippen molar-refractivity contribution < 1.29 is 31.1 Å². The third-order valence-corrected chi connectivity index (χ3v) is 3.64. The molecule has 0 radical (unpaired) electrons. The standard InChI is InChI=1S/C17H16F6N4O/c1-9(15(28)25-8-27(2)3)26-13-4-5-24-14-11(13)6-10(16(18,19)20)7-12(14)17(21,22)23/h4-9H,1-3H3,(H,24,26). The van der Waals surface area contributed by atoms with Gasteiger partial charge in [0.15, 0.2) is 0 Å². The van der Waals surface area contributed by atoms with E-state index in [1.165, 1.54) is 24.2 Å². The summed E-state index contributed by atoms with van der Waals surface area (Å²) in [5.74, 6) is -0.651. The van der Waals surface area contributed by atoms with Gasteiger partial charge in [-0.25, -0.2) is 4.99 Å². The number of aliphatic imine (C=N–C) groups is 1. The zero-order valence-corrected chi connectivity index (χ0v) is 15.0. The van der Waals surface area contributed by atoms with Crippen molar-refractivity contribution >= 4 is 28.8 Å². The minimum absolute atomic E-state index is 0.0229. The topological polar surface area (TPSA) is 57.6 Å². The van der Waals surface area contributed by atoms with E-state index in [-0.39, 0.29) is 11.8 Å². The maximum atomic E-state index is 13.3. The zero-order valence-electron chi connectivity index (χ0n) is 15.0. The average molecular weight is 406 g/mol. The molecule has 2 rings (SSSR count). The van der Waals surface area contributed by atoms with Crippen LogP contribution in [0.5, 0.6) is 0 Å². The summed E-state index contributed by atoms with van der Waals surface area (Å²) in [5, 5.41) is 2.21. The molecule has 0 aliphatic carbocycles. The molecule has 0 fully saturated rings. The quantitative estimate of drug-likeness (QED) is 0.470. The highest BCUT2D eigenvalue weighted by Gasteiger charge is 2.39. The molecule has 1 heterocycles. The molecule has 0 aliphatic rings. The van der Waals surface area contributed by atoms with E-state index in [2.05, 4.69) is 15.3 Å². The van der Waals surface area contributed by atoms with Crippen LogP contribution in [0.15, 0.2) is 29.4 Å². The predicted molar refractivity (Wildman–Crippen MR) is 92.0 cm³/mol. The van der Waals surface area contributed by atoms with Gasteiger partial charge in [-0.1, -0.05) is 0 Å². The van der Waals surface area contributed by atoms with Crippen LogP contribution < -0.4 is 5.32 Å². The second-order valence-corrected chi connectivity index (χ2v) is 6.19. The fourth-order valence-electron chi connectivity index (χ4n) is 2.34. The second kappa shape index (κ2) is 7.64. The Morgan fingerprint density at radius 3 is 2.36 bits per heavy atom. The first-order valence-corrected chi connectivity index (χ1v) is 7.89. The molecule has 11 heteroatoms. The molecule has 1 aromatic heterocycles. The summed E-state index contributed by atoms with van der Waals surface area (Å²) < 4.78 is 79.1. The van der Waals surface area contributed by atoms with Gasteiger partial charge in [-0.3, -0.25) is 9.78 Å². The number of carbonyl (C=O) groups excluding carboxylic acids is 1. The molecule has 152 valence electrons. The highest BCUT2D eigenvalue weighted by atomic mass is 19.4. The first kappa shape index (κ1) is 21.5. The van der Waals surface area contributed by atoms with Crippen molar-refractivity contribution in [3.05, 3.63) is 35.5 Å². The van der Waals surface area contributed by atoms with Crippen LogP contribution in [-0.2, 0) is 17.1 Å². The minimum Gasteiger partial charge on any atom is -0.373 e. The fraction of sp³-hybridized carbons (Fsp3) is 0.353. The third-order valence-electron chi connectivity index (χ3n) is 3.64. The Morgan fingerprint density at radius 1 is 1.18 bits per heavy atom. The van der Waals surface area contributed by atoms with Crippen molar-refractivity contribution in [3.8, 4) is 0 Å². The minimum atomic E-state index is -5.04. The molecule has 1 atom stereocenters. The maximum Gasteiger partial charge on any atom is 0.418 e. The Kier molecular flexibility index (Phi) is 5.86. The normalized spacial score (nSPS) is 13.8. The molecule has 28 heavy (non-hydrogen) atoms. The van der Waals surface area contributed by atoms with E-state index < -0.39 is 46.3 Å². The summed E-state index contributed by atoms with van der Waals surface area (Å²) in [6, 6.07) is 0.794. The first-order chi connectivity index (χ1) is 12.8. The number of anilines is 1. The van der Waals surface area contributed by atoms with Crippen LogP contribution in [-0.4, -0.2) is 42.3 Å². The molecule has 0 saturated carbocycles. The van der Waals surface area contributed by atoms with Gasteiger partial charge in [0.1, 0.15) is 6.04 Å². The fourth-order valence-corrected chi connectivity index (χ4v) is 2.34. The molecular formula is C17H16F6N4O. The number of nitrogens with zero attached hydrogens (tertiary/aromatic N) is 3. The van der Waals surface area contributed by atoms with Gasteiger partial charge >= 0.3 is 12.4 Å². The number of benzene rings is 1. The van der Waals surface area contributed by atoms with Crippen molar-refractivity contribution in [1.29, 1.82) is 0 Å². The van der Waals surface area contributed by atoms with Gasteiger partial charge in [-0.05, 0) is 25.1 Å². The van der Waals surface area contributed by atoms with E-state index in [9.17, 15) is 31.1 Å². The van der Waals surface area contributed by atoms with Crippen LogP contribution in [0.3, 0.4) is 0 Å². The van der Waals surface area contributed by atoms with Crippen LogP contribution >= 0.6 is 0 Å². The number of alkyl halides is 6. The molecular weight excluding hydrogens is 390 g/mol. The number of hydrogen-bond acceptors (Lipinski definition) is 3. The highest BCUT2D eigenvalue weighted by molar-refractivity contribution is 5.97. The number of carbonyl (C=O) groups is 1. The predicted octanol–water partition coefficient (Wildman–Crippen LogP) is 4.19. The highest BCUT2D eigenvalue weighted by Crippen LogP contribution is 2.41. The van der Waals surface area contributed by atoms with E-state index in [0.717, 1.165) is 6.20 Å². The number of pyridine rings is 1. The van der Waals surface area contributed by atoms with Crippen LogP contribution in [0, 0.1) is 0 Å². The summed E-state index contributed by atoms with van der Waals surface area (Å²) in [6.45, 7) is 1.39. The summed E-state index contributed by atoms with van der Waals surface area (Å²) in [5.41, 5.74) is -3.72. The Balaban J connectivity index is 2.57. The van der Waals surface area contributed by atoms with Crippen LogP contribution in [0.2, 0.25) is 0 Å². The summed E-state index contributed by atoms with van der Waals surface area (Å²) in [7, 11) is 3.26. The summed E-state index contributed by atoms with van der Waals surface area (Å²) in [6.07, 6.45) is -7.77. The first-order valence-electron chi connectivity index (χ1n) is 7.89. The Morgan fingerprint density at radius 2 is 1.82 bits per heavy atom. The Labute approximate surface area is 156 Å². The van der Waals surface area contributed by atoms with Crippen molar-refractivity contribution in [2.45, 2.75) is 25.3 Å². The average Bonchev–Trinajstić information content (AvgIpc) is 2.57. The lowest BCUT2D eigenvalue weighted by Gasteiger charge is -2.18. The third kappa shape index (κ3) is 4.90. The van der Waals surface area contributed by atoms with Gasteiger partial charge in [-0.15, -0.1) is 0 Å². The lowest BCUT2D eigenvalue weighted by Crippen LogP contribution is -2.26. The lowest BCUT2D eigenvalue weighted by molar-refractivity contribution is -0.142. The smallest absolute Gasteiger partial charge is 0.373 e. The van der Waals surface area contributed by atoms with Gasteiger partial charge in [0, 0.05) is 31.4 Å². The number of halogens is 6. The van der Waals surface area contributed by atoms with Gasteiger partial charge in [-0.2, -0.15) is 26.3 Å². The van der Waals surface area contributed by atoms with E-state index in [0.29, 0.717) is 6.07 Å². The molecule has 1 unspecified atom stereocenters. The summed E-state index contributed by atoms with van der Waals surface area (Å²) >= 11 is 0. The molecule has 0 spiro atoms. The Hall–Kier alpha value is -2.85. The van der Waals surface area contributed by atoms with Crippen LogP contribution in [0.25, 0.3) is 10.9 Å². The van der Waals surface area contributed by atoms with Gasteiger partial charge in [0.2, 0.25) is 0 Å². The second-order valence-electron chi connectivity index (χ2n) is 6.19.